The van der Waals surface area contributed by atoms with E-state index in [0.717, 1.165) is 25.3 Å². The van der Waals surface area contributed by atoms with Crippen LogP contribution in [0.3, 0.4) is 0 Å². The first kappa shape index (κ1) is 20.9. The molecule has 1 fully saturated rings. The molecule has 0 radical (unpaired) electrons. The van der Waals surface area contributed by atoms with Crippen molar-refractivity contribution in [2.24, 2.45) is 0 Å². The summed E-state index contributed by atoms with van der Waals surface area (Å²) in [7, 11) is 4.18. The highest BCUT2D eigenvalue weighted by molar-refractivity contribution is 5.72. The number of nitrogens with zero attached hydrogens (tertiary/aromatic N) is 3. The second kappa shape index (κ2) is 9.25. The molecule has 166 valence electrons. The van der Waals surface area contributed by atoms with Crippen LogP contribution in [0.2, 0.25) is 0 Å². The van der Waals surface area contributed by atoms with Crippen LogP contribution >= 0.6 is 0 Å². The molecule has 2 aliphatic rings. The van der Waals surface area contributed by atoms with Crippen LogP contribution in [0.1, 0.15) is 24.0 Å². The lowest BCUT2D eigenvalue weighted by Crippen LogP contribution is -2.39. The molecule has 3 aromatic carbocycles. The molecule has 0 aliphatic carbocycles. The molecule has 0 saturated carbocycles. The Bertz CT molecular complexity index is 999. The van der Waals surface area contributed by atoms with Crippen LogP contribution in [0.5, 0.6) is 5.75 Å². The molecule has 3 aromatic rings. The molecular formula is C28H33N3O. The van der Waals surface area contributed by atoms with Gasteiger partial charge in [0, 0.05) is 50.2 Å². The molecule has 2 heterocycles. The van der Waals surface area contributed by atoms with Gasteiger partial charge in [0.15, 0.2) is 0 Å². The smallest absolute Gasteiger partial charge is 0.143 e. The van der Waals surface area contributed by atoms with Crippen LogP contribution in [-0.2, 0) is 13.0 Å². The van der Waals surface area contributed by atoms with Crippen LogP contribution in [0.15, 0.2) is 72.8 Å². The zero-order chi connectivity index (χ0) is 21.9. The second-order valence-electron chi connectivity index (χ2n) is 9.14. The first-order valence-corrected chi connectivity index (χ1v) is 11.8. The van der Waals surface area contributed by atoms with E-state index in [9.17, 15) is 0 Å². The van der Waals surface area contributed by atoms with Crippen molar-refractivity contribution in [2.75, 3.05) is 43.5 Å². The van der Waals surface area contributed by atoms with Crippen molar-refractivity contribution in [1.82, 2.24) is 4.90 Å². The first-order valence-electron chi connectivity index (χ1n) is 11.8. The van der Waals surface area contributed by atoms with E-state index in [1.165, 1.54) is 47.6 Å². The topological polar surface area (TPSA) is 19.0 Å². The molecular weight excluding hydrogens is 394 g/mol. The number of fused-ring (bicyclic) bond motifs is 2. The predicted octanol–water partition coefficient (Wildman–Crippen LogP) is 5.49. The van der Waals surface area contributed by atoms with Crippen molar-refractivity contribution in [1.29, 1.82) is 0 Å². The third-order valence-corrected chi connectivity index (χ3v) is 6.85. The van der Waals surface area contributed by atoms with Crippen molar-refractivity contribution in [2.45, 2.75) is 31.9 Å². The van der Waals surface area contributed by atoms with E-state index in [1.54, 1.807) is 0 Å². The zero-order valence-corrected chi connectivity index (χ0v) is 19.2. The Balaban J connectivity index is 1.33. The fraction of sp³-hybridized carbons (Fsp3) is 0.357. The molecule has 0 aromatic heterocycles. The normalized spacial score (nSPS) is 17.9. The Morgan fingerprint density at radius 1 is 0.906 bits per heavy atom. The quantitative estimate of drug-likeness (QED) is 0.518. The Morgan fingerprint density at radius 3 is 2.47 bits per heavy atom. The van der Waals surface area contributed by atoms with Crippen molar-refractivity contribution in [3.8, 4) is 5.75 Å². The minimum absolute atomic E-state index is 0.551. The number of rotatable bonds is 6. The summed E-state index contributed by atoms with van der Waals surface area (Å²) in [4.78, 5) is 7.34. The number of hydrogen-bond donors (Lipinski definition) is 0. The molecule has 0 spiro atoms. The first-order chi connectivity index (χ1) is 15.7. The largest absolute Gasteiger partial charge is 0.487 e. The molecule has 0 N–H and O–H groups in total. The van der Waals surface area contributed by atoms with Gasteiger partial charge in [-0.2, -0.15) is 0 Å². The summed E-state index contributed by atoms with van der Waals surface area (Å²) in [6.07, 6.45) is 3.62. The van der Waals surface area contributed by atoms with Crippen LogP contribution < -0.4 is 14.5 Å². The lowest BCUT2D eigenvalue weighted by molar-refractivity contribution is 0.261. The van der Waals surface area contributed by atoms with Crippen molar-refractivity contribution < 1.29 is 4.74 Å². The summed E-state index contributed by atoms with van der Waals surface area (Å²) < 4.78 is 6.17. The molecule has 0 bridgehead atoms. The monoisotopic (exact) mass is 427 g/mol. The van der Waals surface area contributed by atoms with Gasteiger partial charge >= 0.3 is 0 Å². The van der Waals surface area contributed by atoms with E-state index in [0.29, 0.717) is 12.6 Å². The van der Waals surface area contributed by atoms with Gasteiger partial charge in [-0.25, -0.2) is 0 Å². The van der Waals surface area contributed by atoms with E-state index in [1.807, 2.05) is 0 Å². The van der Waals surface area contributed by atoms with Gasteiger partial charge in [-0.15, -0.1) is 0 Å². The second-order valence-corrected chi connectivity index (χ2v) is 9.14. The van der Waals surface area contributed by atoms with Crippen LogP contribution in [-0.4, -0.2) is 44.7 Å². The van der Waals surface area contributed by atoms with Crippen molar-refractivity contribution >= 4 is 17.1 Å². The van der Waals surface area contributed by atoms with Gasteiger partial charge in [-0.1, -0.05) is 42.5 Å². The summed E-state index contributed by atoms with van der Waals surface area (Å²) in [6, 6.07) is 26.7. The predicted molar refractivity (Wildman–Crippen MR) is 133 cm³/mol. The molecule has 0 unspecified atom stereocenters. The number of anilines is 3. The fourth-order valence-electron chi connectivity index (χ4n) is 5.02. The average Bonchev–Trinajstić information content (AvgIpc) is 3.21. The van der Waals surface area contributed by atoms with Gasteiger partial charge in [0.2, 0.25) is 0 Å². The average molecular weight is 428 g/mol. The van der Waals surface area contributed by atoms with E-state index in [2.05, 4.69) is 102 Å². The van der Waals surface area contributed by atoms with Gasteiger partial charge in [0.25, 0.3) is 0 Å². The molecule has 1 atom stereocenters. The van der Waals surface area contributed by atoms with Gasteiger partial charge in [-0.05, 0) is 61.7 Å². The highest BCUT2D eigenvalue weighted by Crippen LogP contribution is 2.40. The molecule has 5 rings (SSSR count). The molecule has 0 amide bonds. The molecule has 4 heteroatoms. The maximum absolute atomic E-state index is 6.17. The highest BCUT2D eigenvalue weighted by atomic mass is 16.5. The third kappa shape index (κ3) is 4.33. The maximum Gasteiger partial charge on any atom is 0.143 e. The maximum atomic E-state index is 6.17. The molecule has 4 nitrogen and oxygen atoms in total. The standard InChI is InChI=1S/C28H33N3O/c1-29(2)24-15-13-22(14-16-24)17-19-30-18-7-9-25(30)20-31-26-10-4-3-8-23(26)21-32-28-12-6-5-11-27(28)31/h3-6,8,10-16,25H,7,9,17-21H2,1-2H3/t25-/m1/s1. The molecule has 2 aliphatic heterocycles. The van der Waals surface area contributed by atoms with Crippen LogP contribution in [0.25, 0.3) is 0 Å². The van der Waals surface area contributed by atoms with Crippen LogP contribution in [0.4, 0.5) is 17.1 Å². The summed E-state index contributed by atoms with van der Waals surface area (Å²) in [5.74, 6) is 0.981. The lowest BCUT2D eigenvalue weighted by atomic mass is 10.1. The van der Waals surface area contributed by atoms with Gasteiger partial charge in [0.05, 0.1) is 5.69 Å². The Hall–Kier alpha value is -2.98. The van der Waals surface area contributed by atoms with E-state index in [4.69, 9.17) is 4.74 Å². The minimum Gasteiger partial charge on any atom is -0.487 e. The number of ether oxygens (including phenoxy) is 1. The Kier molecular flexibility index (Phi) is 6.04. The van der Waals surface area contributed by atoms with E-state index < -0.39 is 0 Å². The Labute approximate surface area is 192 Å². The molecule has 1 saturated heterocycles. The Morgan fingerprint density at radius 2 is 1.66 bits per heavy atom. The number of hydrogen-bond acceptors (Lipinski definition) is 4. The van der Waals surface area contributed by atoms with Gasteiger partial charge < -0.3 is 14.5 Å². The zero-order valence-electron chi connectivity index (χ0n) is 19.2. The van der Waals surface area contributed by atoms with E-state index >= 15 is 0 Å². The third-order valence-electron chi connectivity index (χ3n) is 6.85. The van der Waals surface area contributed by atoms with Gasteiger partial charge in [-0.3, -0.25) is 4.90 Å². The fourth-order valence-corrected chi connectivity index (χ4v) is 5.02. The lowest BCUT2D eigenvalue weighted by Gasteiger charge is -2.32. The summed E-state index contributed by atoms with van der Waals surface area (Å²) >= 11 is 0. The van der Waals surface area contributed by atoms with Crippen LogP contribution in [0, 0.1) is 0 Å². The number of para-hydroxylation sites is 3. The van der Waals surface area contributed by atoms with Crippen molar-refractivity contribution in [3.63, 3.8) is 0 Å². The number of benzene rings is 3. The summed E-state index contributed by atoms with van der Waals surface area (Å²) in [5, 5.41) is 0. The molecule has 32 heavy (non-hydrogen) atoms. The number of likely N-dealkylation sites (tertiary alicyclic amines) is 1. The van der Waals surface area contributed by atoms with E-state index in [-0.39, 0.29) is 0 Å². The SMILES string of the molecule is CN(C)c1ccc(CCN2CCC[C@@H]2CN2c3ccccc3COc3ccccc32)cc1. The minimum atomic E-state index is 0.551. The summed E-state index contributed by atoms with van der Waals surface area (Å²) in [5.41, 5.74) is 6.40. The van der Waals surface area contributed by atoms with Crippen molar-refractivity contribution in [3.05, 3.63) is 83.9 Å². The highest BCUT2D eigenvalue weighted by Gasteiger charge is 2.29. The van der Waals surface area contributed by atoms with Gasteiger partial charge in [0.1, 0.15) is 12.4 Å². The summed E-state index contributed by atoms with van der Waals surface area (Å²) in [6.45, 7) is 3.92.